The monoisotopic (exact) mass is 504 g/mol. The van der Waals surface area contributed by atoms with Crippen molar-refractivity contribution >= 4 is 34.4 Å². The first-order valence-electron chi connectivity index (χ1n) is 12.0. The first kappa shape index (κ1) is 24.1. The lowest BCUT2D eigenvalue weighted by atomic mass is 9.85. The van der Waals surface area contributed by atoms with Gasteiger partial charge in [-0.25, -0.2) is 4.39 Å². The van der Waals surface area contributed by atoms with E-state index in [-0.39, 0.29) is 24.9 Å². The molecule has 1 atom stereocenters. The van der Waals surface area contributed by atoms with Crippen LogP contribution in [-0.4, -0.2) is 26.5 Å². The van der Waals surface area contributed by atoms with E-state index in [1.165, 1.54) is 6.07 Å². The number of carboxylic acid groups (broad SMARTS) is 1. The Morgan fingerprint density at radius 1 is 1.03 bits per heavy atom. The second-order valence-corrected chi connectivity index (χ2v) is 9.71. The molecule has 1 amide bonds. The molecule has 0 fully saturated rings. The molecule has 5 rings (SSSR count). The van der Waals surface area contributed by atoms with Gasteiger partial charge in [0.05, 0.1) is 0 Å². The molecular weight excluding hydrogens is 479 g/mol. The van der Waals surface area contributed by atoms with Crippen molar-refractivity contribution in [2.75, 3.05) is 0 Å². The lowest BCUT2D eigenvalue weighted by molar-refractivity contribution is -0.138. The minimum absolute atomic E-state index is 0.0334. The van der Waals surface area contributed by atoms with Crippen LogP contribution in [0.2, 0.25) is 5.02 Å². The first-order valence-corrected chi connectivity index (χ1v) is 12.4. The van der Waals surface area contributed by atoms with Gasteiger partial charge >= 0.3 is 5.97 Å². The number of amides is 1. The van der Waals surface area contributed by atoms with Crippen molar-refractivity contribution in [2.24, 2.45) is 5.92 Å². The number of aromatic nitrogens is 1. The van der Waals surface area contributed by atoms with Crippen LogP contribution in [0, 0.1) is 11.7 Å². The largest absolute Gasteiger partial charge is 0.480 e. The first-order chi connectivity index (χ1) is 17.4. The molecule has 184 valence electrons. The summed E-state index contributed by atoms with van der Waals surface area (Å²) in [6.07, 6.45) is 1.74. The third-order valence-corrected chi connectivity index (χ3v) is 7.16. The highest BCUT2D eigenvalue weighted by Gasteiger charge is 2.32. The van der Waals surface area contributed by atoms with Crippen LogP contribution in [-0.2, 0) is 42.1 Å². The molecule has 1 unspecified atom stereocenters. The fraction of sp³-hybridized carbons (Fsp3) is 0.241. The molecular formula is C29H26ClFN2O3. The molecule has 0 radical (unpaired) electrons. The van der Waals surface area contributed by atoms with E-state index in [9.17, 15) is 19.1 Å². The van der Waals surface area contributed by atoms with Gasteiger partial charge in [0.25, 0.3) is 0 Å². The summed E-state index contributed by atoms with van der Waals surface area (Å²) < 4.78 is 16.5. The molecule has 0 bridgehead atoms. The third-order valence-electron chi connectivity index (χ3n) is 6.92. The summed E-state index contributed by atoms with van der Waals surface area (Å²) in [4.78, 5) is 27.1. The average Bonchev–Trinajstić information content (AvgIpc) is 3.18. The third kappa shape index (κ3) is 4.86. The Kier molecular flexibility index (Phi) is 6.79. The maximum atomic E-state index is 14.7. The molecule has 5 nitrogen and oxygen atoms in total. The molecule has 7 heteroatoms. The molecule has 4 aromatic rings. The SMILES string of the molecule is O=C(O)Cn1c2c(c3ccccc31)CC(C(=O)N(Cc1ccccc1)Cc1ccc(Cl)cc1F)CC2. The van der Waals surface area contributed by atoms with Crippen LogP contribution in [0.1, 0.15) is 28.8 Å². The molecule has 3 aromatic carbocycles. The summed E-state index contributed by atoms with van der Waals surface area (Å²) in [5.74, 6) is -1.64. The highest BCUT2D eigenvalue weighted by atomic mass is 35.5. The molecule has 1 heterocycles. The zero-order chi connectivity index (χ0) is 25.2. The van der Waals surface area contributed by atoms with Crippen LogP contribution in [0.25, 0.3) is 10.9 Å². The predicted octanol–water partition coefficient (Wildman–Crippen LogP) is 5.85. The summed E-state index contributed by atoms with van der Waals surface area (Å²) in [6.45, 7) is 0.400. The van der Waals surface area contributed by atoms with Crippen LogP contribution >= 0.6 is 11.6 Å². The maximum Gasteiger partial charge on any atom is 0.323 e. The van der Waals surface area contributed by atoms with Gasteiger partial charge in [0, 0.05) is 46.2 Å². The van der Waals surface area contributed by atoms with Crippen molar-refractivity contribution in [2.45, 2.75) is 38.9 Å². The van der Waals surface area contributed by atoms with Crippen molar-refractivity contribution in [3.8, 4) is 0 Å². The van der Waals surface area contributed by atoms with Gasteiger partial charge < -0.3 is 14.6 Å². The number of para-hydroxylation sites is 1. The van der Waals surface area contributed by atoms with E-state index in [1.807, 2.05) is 59.2 Å². The minimum Gasteiger partial charge on any atom is -0.480 e. The summed E-state index contributed by atoms with van der Waals surface area (Å²) in [5.41, 5.74) is 4.28. The molecule has 1 N–H and O–H groups in total. The Hall–Kier alpha value is -3.64. The predicted molar refractivity (Wildman–Crippen MR) is 137 cm³/mol. The summed E-state index contributed by atoms with van der Waals surface area (Å²) >= 11 is 5.94. The van der Waals surface area contributed by atoms with Crippen LogP contribution in [0.15, 0.2) is 72.8 Å². The van der Waals surface area contributed by atoms with Crippen LogP contribution in [0.3, 0.4) is 0 Å². The number of aliphatic carboxylic acids is 1. The smallest absolute Gasteiger partial charge is 0.323 e. The van der Waals surface area contributed by atoms with Gasteiger partial charge in [-0.3, -0.25) is 9.59 Å². The van der Waals surface area contributed by atoms with Crippen molar-refractivity contribution in [1.82, 2.24) is 9.47 Å². The number of fused-ring (bicyclic) bond motifs is 3. The van der Waals surface area contributed by atoms with E-state index < -0.39 is 11.8 Å². The quantitative estimate of drug-likeness (QED) is 0.343. The number of carbonyl (C=O) groups excluding carboxylic acids is 1. The topological polar surface area (TPSA) is 62.5 Å². The summed E-state index contributed by atoms with van der Waals surface area (Å²) in [5, 5.41) is 10.8. The van der Waals surface area contributed by atoms with Crippen molar-refractivity contribution in [1.29, 1.82) is 0 Å². The van der Waals surface area contributed by atoms with Gasteiger partial charge in [0.15, 0.2) is 0 Å². The normalized spacial score (nSPS) is 15.0. The number of rotatable bonds is 7. The van der Waals surface area contributed by atoms with Crippen LogP contribution < -0.4 is 0 Å². The average molecular weight is 505 g/mol. The van der Waals surface area contributed by atoms with Crippen LogP contribution in [0.4, 0.5) is 4.39 Å². The highest BCUT2D eigenvalue weighted by Crippen LogP contribution is 2.35. The number of hydrogen-bond acceptors (Lipinski definition) is 2. The lowest BCUT2D eigenvalue weighted by Crippen LogP contribution is -2.38. The van der Waals surface area contributed by atoms with Gasteiger partial charge in [0.2, 0.25) is 5.91 Å². The van der Waals surface area contributed by atoms with Crippen molar-refractivity contribution in [3.63, 3.8) is 0 Å². The molecule has 0 aliphatic heterocycles. The fourth-order valence-corrected chi connectivity index (χ4v) is 5.42. The van der Waals surface area contributed by atoms with Crippen molar-refractivity contribution in [3.05, 3.63) is 106 Å². The minimum atomic E-state index is -0.893. The molecule has 0 saturated carbocycles. The van der Waals surface area contributed by atoms with E-state index >= 15 is 0 Å². The van der Waals surface area contributed by atoms with Gasteiger partial charge in [-0.1, -0.05) is 66.2 Å². The number of nitrogens with zero attached hydrogens (tertiary/aromatic N) is 2. The maximum absolute atomic E-state index is 14.7. The molecule has 1 aromatic heterocycles. The van der Waals surface area contributed by atoms with E-state index in [1.54, 1.807) is 17.0 Å². The zero-order valence-corrected chi connectivity index (χ0v) is 20.4. The summed E-state index contributed by atoms with van der Waals surface area (Å²) in [6, 6.07) is 22.0. The number of benzene rings is 3. The standard InChI is InChI=1S/C29H26ClFN2O3/c30-22-12-10-21(25(31)15-22)17-32(16-19-6-2-1-3-7-19)29(36)20-11-13-27-24(14-20)23-8-4-5-9-26(23)33(27)18-28(34)35/h1-10,12,15,20H,11,13-14,16-18H2,(H,34,35). The van der Waals surface area contributed by atoms with Gasteiger partial charge in [0.1, 0.15) is 12.4 Å². The lowest BCUT2D eigenvalue weighted by Gasteiger charge is -2.30. The number of carbonyl (C=O) groups is 2. The van der Waals surface area contributed by atoms with E-state index in [2.05, 4.69) is 0 Å². The van der Waals surface area contributed by atoms with Gasteiger partial charge in [-0.15, -0.1) is 0 Å². The molecule has 0 saturated heterocycles. The van der Waals surface area contributed by atoms with E-state index in [4.69, 9.17) is 11.6 Å². The van der Waals surface area contributed by atoms with Crippen molar-refractivity contribution < 1.29 is 19.1 Å². The fourth-order valence-electron chi connectivity index (χ4n) is 5.26. The molecule has 36 heavy (non-hydrogen) atoms. The molecule has 1 aliphatic carbocycles. The molecule has 1 aliphatic rings. The Morgan fingerprint density at radius 2 is 1.78 bits per heavy atom. The zero-order valence-electron chi connectivity index (χ0n) is 19.7. The highest BCUT2D eigenvalue weighted by molar-refractivity contribution is 6.30. The van der Waals surface area contributed by atoms with Gasteiger partial charge in [-0.05, 0) is 48.6 Å². The summed E-state index contributed by atoms with van der Waals surface area (Å²) in [7, 11) is 0. The van der Waals surface area contributed by atoms with Gasteiger partial charge in [-0.2, -0.15) is 0 Å². The molecule has 0 spiro atoms. The van der Waals surface area contributed by atoms with E-state index in [0.29, 0.717) is 36.4 Å². The Bertz CT molecular complexity index is 1430. The number of hydrogen-bond donors (Lipinski definition) is 1. The van der Waals surface area contributed by atoms with Crippen LogP contribution in [0.5, 0.6) is 0 Å². The second-order valence-electron chi connectivity index (χ2n) is 9.28. The number of carboxylic acids is 1. The number of halogens is 2. The Morgan fingerprint density at radius 3 is 2.53 bits per heavy atom. The Balaban J connectivity index is 1.46. The second kappa shape index (κ2) is 10.2. The Labute approximate surface area is 213 Å². The van der Waals surface area contributed by atoms with E-state index in [0.717, 1.165) is 27.7 Å².